The Kier molecular flexibility index (Phi) is 2.45. The first-order valence-electron chi connectivity index (χ1n) is 5.57. The van der Waals surface area contributed by atoms with E-state index in [-0.39, 0.29) is 12.0 Å². The molecule has 0 unspecified atom stereocenters. The third kappa shape index (κ3) is 1.85. The Balaban J connectivity index is 1.92. The highest BCUT2D eigenvalue weighted by Crippen LogP contribution is 2.47. The summed E-state index contributed by atoms with van der Waals surface area (Å²) in [6.45, 7) is 0.138. The third-order valence-corrected chi connectivity index (χ3v) is 3.59. The molecule has 1 N–H and O–H groups in total. The molecule has 3 nitrogen and oxygen atoms in total. The van der Waals surface area contributed by atoms with E-state index in [1.807, 2.05) is 30.3 Å². The third-order valence-electron chi connectivity index (χ3n) is 3.34. The molecule has 1 aromatic carbocycles. The van der Waals surface area contributed by atoms with Gasteiger partial charge in [-0.05, 0) is 37.1 Å². The van der Waals surface area contributed by atoms with Gasteiger partial charge in [0.05, 0.1) is 12.3 Å². The van der Waals surface area contributed by atoms with Gasteiger partial charge in [0.2, 0.25) is 0 Å². The van der Waals surface area contributed by atoms with Crippen LogP contribution < -0.4 is 0 Å². The Morgan fingerprint density at radius 1 is 1.29 bits per heavy atom. The zero-order valence-corrected chi connectivity index (χ0v) is 9.94. The fraction of sp³-hybridized carbons (Fsp3) is 0.308. The second-order valence-corrected chi connectivity index (χ2v) is 4.96. The number of hydrogen-bond donors (Lipinski definition) is 1. The molecule has 1 heterocycles. The highest BCUT2D eigenvalue weighted by molar-refractivity contribution is 6.30. The number of hydrogen-bond acceptors (Lipinski definition) is 3. The Morgan fingerprint density at radius 3 is 2.59 bits per heavy atom. The van der Waals surface area contributed by atoms with Crippen LogP contribution in [0.4, 0.5) is 0 Å². The van der Waals surface area contributed by atoms with Crippen molar-refractivity contribution >= 4 is 11.6 Å². The van der Waals surface area contributed by atoms with E-state index in [4.69, 9.17) is 16.1 Å². The van der Waals surface area contributed by atoms with Crippen LogP contribution in [0.15, 0.2) is 34.9 Å². The molecule has 1 aromatic heterocycles. The van der Waals surface area contributed by atoms with Crippen LogP contribution in [0.3, 0.4) is 0 Å². The van der Waals surface area contributed by atoms with Crippen molar-refractivity contribution in [3.8, 4) is 11.3 Å². The van der Waals surface area contributed by atoms with Crippen molar-refractivity contribution in [2.45, 2.75) is 18.3 Å². The van der Waals surface area contributed by atoms with E-state index in [0.29, 0.717) is 5.02 Å². The molecular weight excluding hydrogens is 238 g/mol. The minimum Gasteiger partial charge on any atom is -0.395 e. The second kappa shape index (κ2) is 3.86. The van der Waals surface area contributed by atoms with Crippen molar-refractivity contribution in [3.05, 3.63) is 41.0 Å². The largest absolute Gasteiger partial charge is 0.395 e. The average Bonchev–Trinajstić information content (AvgIpc) is 3.00. The molecule has 1 fully saturated rings. The molecule has 2 aromatic rings. The van der Waals surface area contributed by atoms with Gasteiger partial charge in [0.1, 0.15) is 0 Å². The van der Waals surface area contributed by atoms with E-state index < -0.39 is 0 Å². The van der Waals surface area contributed by atoms with Gasteiger partial charge in [0.15, 0.2) is 5.76 Å². The number of aliphatic hydroxyl groups excluding tert-OH is 1. The van der Waals surface area contributed by atoms with Gasteiger partial charge in [-0.15, -0.1) is 0 Å². The number of benzene rings is 1. The highest BCUT2D eigenvalue weighted by Gasteiger charge is 2.46. The quantitative estimate of drug-likeness (QED) is 0.910. The summed E-state index contributed by atoms with van der Waals surface area (Å²) in [6.07, 6.45) is 1.96. The fourth-order valence-corrected chi connectivity index (χ4v) is 2.05. The zero-order chi connectivity index (χ0) is 11.9. The lowest BCUT2D eigenvalue weighted by atomic mass is 10.0. The van der Waals surface area contributed by atoms with Crippen LogP contribution in [-0.4, -0.2) is 16.9 Å². The Labute approximate surface area is 104 Å². The minimum atomic E-state index is -0.145. The fourth-order valence-electron chi connectivity index (χ4n) is 1.92. The van der Waals surface area contributed by atoms with Crippen LogP contribution in [0.5, 0.6) is 0 Å². The standard InChI is InChI=1S/C13H12ClNO2/c14-10-3-1-9(2-4-10)11-7-12(15-17-11)13(8-16)5-6-13/h1-4,7,16H,5-6,8H2. The summed E-state index contributed by atoms with van der Waals surface area (Å²) in [4.78, 5) is 0. The molecule has 17 heavy (non-hydrogen) atoms. The Hall–Kier alpha value is -1.32. The number of halogens is 1. The van der Waals surface area contributed by atoms with Crippen LogP contribution in [0.1, 0.15) is 18.5 Å². The molecular formula is C13H12ClNO2. The van der Waals surface area contributed by atoms with Gasteiger partial charge >= 0.3 is 0 Å². The normalized spacial score (nSPS) is 17.1. The molecule has 0 amide bonds. The van der Waals surface area contributed by atoms with E-state index in [1.165, 1.54) is 0 Å². The lowest BCUT2D eigenvalue weighted by Gasteiger charge is -2.04. The van der Waals surface area contributed by atoms with E-state index >= 15 is 0 Å². The van der Waals surface area contributed by atoms with Gasteiger partial charge in [0, 0.05) is 22.1 Å². The van der Waals surface area contributed by atoms with E-state index in [0.717, 1.165) is 29.9 Å². The van der Waals surface area contributed by atoms with Crippen molar-refractivity contribution in [3.63, 3.8) is 0 Å². The Bertz CT molecular complexity index is 529. The predicted molar refractivity (Wildman–Crippen MR) is 64.9 cm³/mol. The van der Waals surface area contributed by atoms with E-state index in [9.17, 15) is 5.11 Å². The summed E-state index contributed by atoms with van der Waals surface area (Å²) in [6, 6.07) is 9.33. The first-order valence-corrected chi connectivity index (χ1v) is 5.95. The zero-order valence-electron chi connectivity index (χ0n) is 9.19. The van der Waals surface area contributed by atoms with Crippen molar-refractivity contribution in [1.29, 1.82) is 0 Å². The maximum Gasteiger partial charge on any atom is 0.167 e. The van der Waals surface area contributed by atoms with Crippen LogP contribution >= 0.6 is 11.6 Å². The molecule has 0 bridgehead atoms. The lowest BCUT2D eigenvalue weighted by molar-refractivity contribution is 0.248. The summed E-state index contributed by atoms with van der Waals surface area (Å²) in [7, 11) is 0. The summed E-state index contributed by atoms with van der Waals surface area (Å²) in [5, 5.41) is 14.1. The minimum absolute atomic E-state index is 0.138. The van der Waals surface area contributed by atoms with Gasteiger partial charge in [-0.2, -0.15) is 0 Å². The predicted octanol–water partition coefficient (Wildman–Crippen LogP) is 3.02. The maximum atomic E-state index is 9.33. The van der Waals surface area contributed by atoms with Gasteiger partial charge in [-0.3, -0.25) is 0 Å². The van der Waals surface area contributed by atoms with Crippen molar-refractivity contribution in [2.24, 2.45) is 0 Å². The molecule has 0 radical (unpaired) electrons. The molecule has 0 aliphatic heterocycles. The lowest BCUT2D eigenvalue weighted by Crippen LogP contribution is -2.11. The first kappa shape index (κ1) is 10.8. The summed E-state index contributed by atoms with van der Waals surface area (Å²) >= 11 is 5.83. The molecule has 1 saturated carbocycles. The van der Waals surface area contributed by atoms with Gasteiger partial charge in [-0.1, -0.05) is 16.8 Å². The number of nitrogens with zero attached hydrogens (tertiary/aromatic N) is 1. The summed E-state index contributed by atoms with van der Waals surface area (Å²) in [5.74, 6) is 0.719. The molecule has 4 heteroatoms. The monoisotopic (exact) mass is 249 g/mol. The Morgan fingerprint density at radius 2 is 2.00 bits per heavy atom. The average molecular weight is 250 g/mol. The van der Waals surface area contributed by atoms with Gasteiger partial charge in [0.25, 0.3) is 0 Å². The van der Waals surface area contributed by atoms with Crippen LogP contribution in [0.2, 0.25) is 5.02 Å². The summed E-state index contributed by atoms with van der Waals surface area (Å²) in [5.41, 5.74) is 1.65. The van der Waals surface area contributed by atoms with E-state index in [2.05, 4.69) is 5.16 Å². The second-order valence-electron chi connectivity index (χ2n) is 4.52. The molecule has 3 rings (SSSR count). The smallest absolute Gasteiger partial charge is 0.167 e. The number of rotatable bonds is 3. The molecule has 1 aliphatic rings. The van der Waals surface area contributed by atoms with Crippen LogP contribution in [-0.2, 0) is 5.41 Å². The number of aliphatic hydroxyl groups is 1. The molecule has 88 valence electrons. The molecule has 0 spiro atoms. The maximum absolute atomic E-state index is 9.33. The first-order chi connectivity index (χ1) is 8.23. The number of aromatic nitrogens is 1. The molecule has 0 saturated heterocycles. The molecule has 1 aliphatic carbocycles. The van der Waals surface area contributed by atoms with Gasteiger partial charge < -0.3 is 9.63 Å². The molecule has 0 atom stereocenters. The van der Waals surface area contributed by atoms with Gasteiger partial charge in [-0.25, -0.2) is 0 Å². The van der Waals surface area contributed by atoms with Crippen molar-refractivity contribution in [1.82, 2.24) is 5.16 Å². The van der Waals surface area contributed by atoms with E-state index in [1.54, 1.807) is 0 Å². The van der Waals surface area contributed by atoms with Crippen LogP contribution in [0.25, 0.3) is 11.3 Å². The van der Waals surface area contributed by atoms with Crippen molar-refractivity contribution < 1.29 is 9.63 Å². The van der Waals surface area contributed by atoms with Crippen LogP contribution in [0, 0.1) is 0 Å². The SMILES string of the molecule is OCC1(c2cc(-c3ccc(Cl)cc3)on2)CC1. The van der Waals surface area contributed by atoms with Crippen molar-refractivity contribution in [2.75, 3.05) is 6.61 Å². The highest BCUT2D eigenvalue weighted by atomic mass is 35.5. The topological polar surface area (TPSA) is 46.3 Å². The summed E-state index contributed by atoms with van der Waals surface area (Å²) < 4.78 is 5.31.